The summed E-state index contributed by atoms with van der Waals surface area (Å²) in [5, 5.41) is 2.89. The summed E-state index contributed by atoms with van der Waals surface area (Å²) < 4.78 is 11.7. The van der Waals surface area contributed by atoms with Crippen molar-refractivity contribution in [3.63, 3.8) is 0 Å². The van der Waals surface area contributed by atoms with E-state index in [1.807, 2.05) is 42.2 Å². The third-order valence-corrected chi connectivity index (χ3v) is 8.32. The van der Waals surface area contributed by atoms with Gasteiger partial charge >= 0.3 is 0 Å². The van der Waals surface area contributed by atoms with Crippen molar-refractivity contribution in [3.8, 4) is 11.5 Å². The molecule has 1 fully saturated rings. The Morgan fingerprint density at radius 3 is 2.57 bits per heavy atom. The maximum Gasteiger partial charge on any atom is 0.259 e. The van der Waals surface area contributed by atoms with Gasteiger partial charge in [-0.2, -0.15) is 0 Å². The minimum atomic E-state index is -0.377. The molecule has 4 aromatic rings. The van der Waals surface area contributed by atoms with E-state index in [1.165, 1.54) is 12.0 Å². The molecular weight excluding hydrogens is 584 g/mol. The topological polar surface area (TPSA) is 120 Å². The fourth-order valence-corrected chi connectivity index (χ4v) is 5.54. The van der Waals surface area contributed by atoms with Crippen molar-refractivity contribution in [2.24, 2.45) is 0 Å². The Bertz CT molecular complexity index is 1690. The molecule has 0 spiro atoms. The van der Waals surface area contributed by atoms with E-state index in [9.17, 15) is 14.4 Å². The molecule has 0 atom stereocenters. The van der Waals surface area contributed by atoms with Crippen LogP contribution in [0.4, 0.5) is 11.4 Å². The highest BCUT2D eigenvalue weighted by Crippen LogP contribution is 2.31. The highest BCUT2D eigenvalue weighted by Gasteiger charge is 2.22. The zero-order chi connectivity index (χ0) is 32.6. The van der Waals surface area contributed by atoms with Crippen LogP contribution in [0.5, 0.6) is 11.5 Å². The van der Waals surface area contributed by atoms with Crippen LogP contribution in [0.25, 0.3) is 11.0 Å². The van der Waals surface area contributed by atoms with E-state index in [2.05, 4.69) is 27.2 Å². The van der Waals surface area contributed by atoms with Crippen molar-refractivity contribution in [3.05, 3.63) is 77.6 Å². The number of amides is 3. The molecular formula is C35H42N6O5. The molecule has 2 N–H and O–H groups in total. The number of aryl methyl sites for hydroxylation is 1. The molecule has 1 saturated heterocycles. The second-order valence-corrected chi connectivity index (χ2v) is 11.7. The summed E-state index contributed by atoms with van der Waals surface area (Å²) in [6, 6.07) is 16.0. The number of carbonyl (C=O) groups excluding carboxylic acids is 3. The van der Waals surface area contributed by atoms with Gasteiger partial charge in [0.05, 0.1) is 42.5 Å². The molecule has 2 heterocycles. The molecule has 3 aromatic carbocycles. The standard InChI is InChI=1S/C35H42N6O5/c1-24-12-15-29(31(21-24)46-20-7-5-6-11-32(42)41-18-16-39(2)17-19-41)40(3)35(44)25-13-14-26(30(22-25)45-4)34(43)38-28-10-8-9-27-33(28)37-23-36-27/h8-10,12-15,21-23H,5-7,11,16-20H2,1-4H3,(H,36,37)(H,38,43). The van der Waals surface area contributed by atoms with Crippen LogP contribution < -0.4 is 19.7 Å². The molecule has 242 valence electrons. The lowest BCUT2D eigenvalue weighted by Gasteiger charge is -2.32. The molecule has 0 radical (unpaired) electrons. The number of carbonyl (C=O) groups is 3. The van der Waals surface area contributed by atoms with Gasteiger partial charge in [-0.25, -0.2) is 4.98 Å². The summed E-state index contributed by atoms with van der Waals surface area (Å²) in [6.07, 6.45) is 4.63. The number of anilines is 2. The molecule has 5 rings (SSSR count). The number of aromatic amines is 1. The number of imidazole rings is 1. The summed E-state index contributed by atoms with van der Waals surface area (Å²) in [5.41, 5.74) is 4.32. The zero-order valence-electron chi connectivity index (χ0n) is 27.0. The highest BCUT2D eigenvalue weighted by atomic mass is 16.5. The van der Waals surface area contributed by atoms with Crippen molar-refractivity contribution in [2.75, 3.05) is 64.2 Å². The number of unbranched alkanes of at least 4 members (excludes halogenated alkanes) is 2. The fourth-order valence-electron chi connectivity index (χ4n) is 5.54. The van der Waals surface area contributed by atoms with E-state index in [0.29, 0.717) is 46.8 Å². The Balaban J connectivity index is 1.19. The van der Waals surface area contributed by atoms with Crippen LogP contribution in [-0.2, 0) is 4.79 Å². The zero-order valence-corrected chi connectivity index (χ0v) is 27.0. The molecule has 0 unspecified atom stereocenters. The van der Waals surface area contributed by atoms with E-state index in [-0.39, 0.29) is 23.5 Å². The van der Waals surface area contributed by atoms with Gasteiger partial charge in [0.25, 0.3) is 11.8 Å². The number of H-pyrrole nitrogens is 1. The number of ether oxygens (including phenoxy) is 2. The molecule has 3 amide bonds. The van der Waals surface area contributed by atoms with Crippen molar-refractivity contribution in [1.82, 2.24) is 19.8 Å². The van der Waals surface area contributed by atoms with Crippen molar-refractivity contribution >= 4 is 40.1 Å². The number of nitrogens with one attached hydrogen (secondary N) is 2. The number of benzene rings is 3. The van der Waals surface area contributed by atoms with Gasteiger partial charge in [0.15, 0.2) is 0 Å². The largest absolute Gasteiger partial charge is 0.496 e. The average Bonchev–Trinajstić information content (AvgIpc) is 3.56. The van der Waals surface area contributed by atoms with Crippen molar-refractivity contribution < 1.29 is 23.9 Å². The Labute approximate surface area is 269 Å². The van der Waals surface area contributed by atoms with Crippen LogP contribution >= 0.6 is 0 Å². The molecule has 1 aromatic heterocycles. The monoisotopic (exact) mass is 626 g/mol. The summed E-state index contributed by atoms with van der Waals surface area (Å²) in [5.74, 6) is 0.463. The molecule has 1 aliphatic rings. The van der Waals surface area contributed by atoms with Gasteiger partial charge in [0.2, 0.25) is 5.91 Å². The van der Waals surface area contributed by atoms with Crippen LogP contribution in [0.15, 0.2) is 60.9 Å². The first-order valence-corrected chi connectivity index (χ1v) is 15.6. The fraction of sp³-hybridized carbons (Fsp3) is 0.371. The molecule has 11 nitrogen and oxygen atoms in total. The summed E-state index contributed by atoms with van der Waals surface area (Å²) in [7, 11) is 5.24. The number of piperazine rings is 1. The number of para-hydroxylation sites is 1. The molecule has 1 aliphatic heterocycles. The average molecular weight is 627 g/mol. The van der Waals surface area contributed by atoms with Gasteiger partial charge < -0.3 is 34.5 Å². The predicted molar refractivity (Wildman–Crippen MR) is 179 cm³/mol. The van der Waals surface area contributed by atoms with Gasteiger partial charge in [-0.3, -0.25) is 14.4 Å². The number of hydrogen-bond donors (Lipinski definition) is 2. The first-order valence-electron chi connectivity index (χ1n) is 15.6. The predicted octanol–water partition coefficient (Wildman–Crippen LogP) is 5.12. The normalized spacial score (nSPS) is 13.4. The second kappa shape index (κ2) is 14.9. The summed E-state index contributed by atoms with van der Waals surface area (Å²) in [6.45, 7) is 5.91. The van der Waals surface area contributed by atoms with Crippen LogP contribution in [0, 0.1) is 6.92 Å². The van der Waals surface area contributed by atoms with Crippen LogP contribution in [0.3, 0.4) is 0 Å². The quantitative estimate of drug-likeness (QED) is 0.210. The highest BCUT2D eigenvalue weighted by molar-refractivity contribution is 6.11. The van der Waals surface area contributed by atoms with Crippen molar-refractivity contribution in [2.45, 2.75) is 32.6 Å². The van der Waals surface area contributed by atoms with Gasteiger partial charge in [-0.15, -0.1) is 0 Å². The first-order chi connectivity index (χ1) is 22.2. The number of methoxy groups -OCH3 is 1. The third-order valence-electron chi connectivity index (χ3n) is 8.32. The maximum absolute atomic E-state index is 13.6. The summed E-state index contributed by atoms with van der Waals surface area (Å²) >= 11 is 0. The minimum Gasteiger partial charge on any atom is -0.496 e. The number of aromatic nitrogens is 2. The lowest BCUT2D eigenvalue weighted by atomic mass is 10.1. The lowest BCUT2D eigenvalue weighted by Crippen LogP contribution is -2.47. The number of fused-ring (bicyclic) bond motifs is 1. The van der Waals surface area contributed by atoms with E-state index >= 15 is 0 Å². The van der Waals surface area contributed by atoms with E-state index in [4.69, 9.17) is 9.47 Å². The van der Waals surface area contributed by atoms with E-state index < -0.39 is 0 Å². The smallest absolute Gasteiger partial charge is 0.259 e. The maximum atomic E-state index is 13.6. The molecule has 11 heteroatoms. The van der Waals surface area contributed by atoms with E-state index in [1.54, 1.807) is 37.6 Å². The van der Waals surface area contributed by atoms with Crippen LogP contribution in [0.2, 0.25) is 0 Å². The van der Waals surface area contributed by atoms with Gasteiger partial charge in [0, 0.05) is 45.2 Å². The number of likely N-dealkylation sites (N-methyl/N-ethyl adjacent to an activating group) is 1. The van der Waals surface area contributed by atoms with Crippen LogP contribution in [-0.4, -0.2) is 91.5 Å². The minimum absolute atomic E-state index is 0.229. The van der Waals surface area contributed by atoms with Crippen LogP contribution in [0.1, 0.15) is 52.0 Å². The number of nitrogens with zero attached hydrogens (tertiary/aromatic N) is 4. The van der Waals surface area contributed by atoms with Gasteiger partial charge in [-0.05, 0) is 81.3 Å². The molecule has 0 bridgehead atoms. The molecule has 0 aliphatic carbocycles. The Hall–Kier alpha value is -4.90. The van der Waals surface area contributed by atoms with Gasteiger partial charge in [-0.1, -0.05) is 12.1 Å². The SMILES string of the molecule is COc1cc(C(=O)N(C)c2ccc(C)cc2OCCCCCC(=O)N2CCN(C)CC2)ccc1C(=O)Nc1cccc2[nH]cnc12. The number of hydrogen-bond acceptors (Lipinski definition) is 7. The molecule has 0 saturated carbocycles. The Morgan fingerprint density at radius 1 is 0.978 bits per heavy atom. The Morgan fingerprint density at radius 2 is 1.78 bits per heavy atom. The first kappa shape index (κ1) is 32.5. The third kappa shape index (κ3) is 7.66. The Kier molecular flexibility index (Phi) is 10.5. The van der Waals surface area contributed by atoms with E-state index in [0.717, 1.165) is 56.5 Å². The van der Waals surface area contributed by atoms with Crippen molar-refractivity contribution in [1.29, 1.82) is 0 Å². The molecule has 46 heavy (non-hydrogen) atoms. The summed E-state index contributed by atoms with van der Waals surface area (Å²) in [4.78, 5) is 52.4. The lowest BCUT2D eigenvalue weighted by molar-refractivity contribution is -0.132. The second-order valence-electron chi connectivity index (χ2n) is 11.7. The number of rotatable bonds is 12. The van der Waals surface area contributed by atoms with Gasteiger partial charge in [0.1, 0.15) is 17.0 Å².